The Labute approximate surface area is 188 Å². The smallest absolute Gasteiger partial charge is 0.264 e. The van der Waals surface area contributed by atoms with Crippen LogP contribution in [-0.2, 0) is 14.8 Å². The van der Waals surface area contributed by atoms with Crippen molar-refractivity contribution in [2.24, 2.45) is 5.10 Å². The summed E-state index contributed by atoms with van der Waals surface area (Å²) in [5, 5.41) is 3.95. The van der Waals surface area contributed by atoms with E-state index >= 15 is 0 Å². The molecule has 0 saturated heterocycles. The summed E-state index contributed by atoms with van der Waals surface area (Å²) in [5.41, 5.74) is 4.34. The molecule has 7 nitrogen and oxygen atoms in total. The van der Waals surface area contributed by atoms with Crippen molar-refractivity contribution in [1.82, 2.24) is 5.43 Å². The largest absolute Gasteiger partial charge is 0.494 e. The number of para-hydroxylation sites is 1. The molecule has 0 aliphatic rings. The number of rotatable bonds is 9. The monoisotopic (exact) mass is 451 g/mol. The first kappa shape index (κ1) is 23.0. The fourth-order valence-electron chi connectivity index (χ4n) is 3.02. The van der Waals surface area contributed by atoms with Crippen molar-refractivity contribution >= 4 is 27.8 Å². The highest BCUT2D eigenvalue weighted by atomic mass is 32.2. The lowest BCUT2D eigenvalue weighted by atomic mass is 10.2. The maximum atomic E-state index is 13.3. The van der Waals surface area contributed by atoms with Crippen molar-refractivity contribution in [3.05, 3.63) is 90.0 Å². The van der Waals surface area contributed by atoms with E-state index in [0.717, 1.165) is 21.2 Å². The number of hydrogen-bond donors (Lipinski definition) is 1. The summed E-state index contributed by atoms with van der Waals surface area (Å²) < 4.78 is 33.1. The average molecular weight is 452 g/mol. The molecular weight excluding hydrogens is 426 g/mol. The van der Waals surface area contributed by atoms with Gasteiger partial charge in [-0.1, -0.05) is 36.4 Å². The zero-order valence-electron chi connectivity index (χ0n) is 17.9. The highest BCUT2D eigenvalue weighted by molar-refractivity contribution is 7.92. The lowest BCUT2D eigenvalue weighted by molar-refractivity contribution is -0.119. The molecule has 1 N–H and O–H groups in total. The topological polar surface area (TPSA) is 88.1 Å². The highest BCUT2D eigenvalue weighted by Gasteiger charge is 2.27. The fourth-order valence-corrected chi connectivity index (χ4v) is 4.53. The van der Waals surface area contributed by atoms with Crippen molar-refractivity contribution in [3.8, 4) is 5.75 Å². The van der Waals surface area contributed by atoms with Gasteiger partial charge < -0.3 is 4.74 Å². The number of amides is 1. The van der Waals surface area contributed by atoms with Crippen LogP contribution in [0.5, 0.6) is 5.75 Å². The molecule has 0 aliphatic heterocycles. The number of carbonyl (C=O) groups is 1. The number of hydrogen-bond acceptors (Lipinski definition) is 5. The van der Waals surface area contributed by atoms with Crippen LogP contribution in [0.2, 0.25) is 0 Å². The van der Waals surface area contributed by atoms with Crippen molar-refractivity contribution in [2.45, 2.75) is 18.7 Å². The Hall–Kier alpha value is -3.65. The zero-order valence-corrected chi connectivity index (χ0v) is 18.7. The molecule has 0 bridgehead atoms. The fraction of sp³-hybridized carbons (Fsp3) is 0.167. The molecular formula is C24H25N3O4S. The number of anilines is 1. The zero-order chi connectivity index (χ0) is 23.0. The van der Waals surface area contributed by atoms with E-state index in [1.54, 1.807) is 67.6 Å². The van der Waals surface area contributed by atoms with Gasteiger partial charge in [-0.25, -0.2) is 13.8 Å². The van der Waals surface area contributed by atoms with Crippen LogP contribution in [0.25, 0.3) is 0 Å². The third-order valence-electron chi connectivity index (χ3n) is 4.60. The van der Waals surface area contributed by atoms with Gasteiger partial charge in [-0.05, 0) is 67.4 Å². The van der Waals surface area contributed by atoms with Crippen LogP contribution in [-0.4, -0.2) is 33.7 Å². The van der Waals surface area contributed by atoms with Crippen LogP contribution in [0.1, 0.15) is 18.1 Å². The van der Waals surface area contributed by atoms with Crippen LogP contribution < -0.4 is 14.5 Å². The Morgan fingerprint density at radius 1 is 1.00 bits per heavy atom. The van der Waals surface area contributed by atoms with Crippen LogP contribution in [0.4, 0.5) is 5.69 Å². The Kier molecular flexibility index (Phi) is 7.62. The van der Waals surface area contributed by atoms with Crippen molar-refractivity contribution in [1.29, 1.82) is 0 Å². The molecule has 3 aromatic carbocycles. The number of sulfonamides is 1. The number of nitrogens with one attached hydrogen (secondary N) is 1. The van der Waals surface area contributed by atoms with Crippen LogP contribution in [0.3, 0.4) is 0 Å². The Balaban J connectivity index is 1.78. The predicted octanol–water partition coefficient (Wildman–Crippen LogP) is 3.74. The van der Waals surface area contributed by atoms with Gasteiger partial charge in [0.2, 0.25) is 0 Å². The summed E-state index contributed by atoms with van der Waals surface area (Å²) >= 11 is 0. The van der Waals surface area contributed by atoms with Crippen molar-refractivity contribution < 1.29 is 17.9 Å². The van der Waals surface area contributed by atoms with Crippen LogP contribution in [0.15, 0.2) is 88.9 Å². The summed E-state index contributed by atoms with van der Waals surface area (Å²) in [4.78, 5) is 12.7. The van der Waals surface area contributed by atoms with Gasteiger partial charge in [0.25, 0.3) is 15.9 Å². The van der Waals surface area contributed by atoms with E-state index in [1.807, 2.05) is 13.0 Å². The molecule has 0 saturated carbocycles. The molecule has 0 atom stereocenters. The number of ether oxygens (including phenoxy) is 1. The van der Waals surface area contributed by atoms with Gasteiger partial charge in [0.1, 0.15) is 12.3 Å². The summed E-state index contributed by atoms with van der Waals surface area (Å²) in [5.74, 6) is 0.184. The molecule has 0 aromatic heterocycles. The molecule has 3 aromatic rings. The third kappa shape index (κ3) is 5.73. The van der Waals surface area contributed by atoms with Crippen molar-refractivity contribution in [3.63, 3.8) is 0 Å². The maximum Gasteiger partial charge on any atom is 0.264 e. The summed E-state index contributed by atoms with van der Waals surface area (Å²) in [6.45, 7) is 3.86. The summed E-state index contributed by atoms with van der Waals surface area (Å²) in [7, 11) is -3.95. The van der Waals surface area contributed by atoms with Gasteiger partial charge in [-0.3, -0.25) is 9.10 Å². The average Bonchev–Trinajstić information content (AvgIpc) is 2.80. The first-order valence-corrected chi connectivity index (χ1v) is 11.5. The second kappa shape index (κ2) is 10.6. The lowest BCUT2D eigenvalue weighted by Gasteiger charge is -2.25. The third-order valence-corrected chi connectivity index (χ3v) is 6.37. The summed E-state index contributed by atoms with van der Waals surface area (Å²) in [6.07, 6.45) is 1.48. The van der Waals surface area contributed by atoms with Gasteiger partial charge in [0, 0.05) is 0 Å². The van der Waals surface area contributed by atoms with E-state index in [4.69, 9.17) is 4.74 Å². The number of benzene rings is 3. The normalized spacial score (nSPS) is 11.3. The minimum atomic E-state index is -3.95. The van der Waals surface area contributed by atoms with Gasteiger partial charge >= 0.3 is 0 Å². The molecule has 0 aliphatic carbocycles. The van der Waals surface area contributed by atoms with E-state index < -0.39 is 22.5 Å². The molecule has 1 amide bonds. The lowest BCUT2D eigenvalue weighted by Crippen LogP contribution is -2.40. The standard InChI is InChI=1S/C24H25N3O4S/c1-3-31-21-15-13-20(14-16-21)17-25-26-24(28)18-27(23-12-8-7-9-19(23)2)32(29,30)22-10-5-4-6-11-22/h4-17H,3,18H2,1-2H3,(H,26,28)/b25-17-. The number of aryl methyl sites for hydroxylation is 1. The van der Waals surface area contributed by atoms with Gasteiger partial charge in [0.05, 0.1) is 23.4 Å². The van der Waals surface area contributed by atoms with E-state index in [0.29, 0.717) is 12.3 Å². The second-order valence-corrected chi connectivity index (χ2v) is 8.77. The van der Waals surface area contributed by atoms with Gasteiger partial charge in [0.15, 0.2) is 0 Å². The molecule has 166 valence electrons. The van der Waals surface area contributed by atoms with Crippen LogP contribution in [0, 0.1) is 6.92 Å². The molecule has 8 heteroatoms. The van der Waals surface area contributed by atoms with Gasteiger partial charge in [-0.15, -0.1) is 0 Å². The minimum absolute atomic E-state index is 0.106. The molecule has 32 heavy (non-hydrogen) atoms. The maximum absolute atomic E-state index is 13.3. The molecule has 0 fully saturated rings. The first-order valence-electron chi connectivity index (χ1n) is 10.1. The minimum Gasteiger partial charge on any atom is -0.494 e. The number of nitrogens with zero attached hydrogens (tertiary/aromatic N) is 2. The highest BCUT2D eigenvalue weighted by Crippen LogP contribution is 2.26. The van der Waals surface area contributed by atoms with E-state index in [1.165, 1.54) is 18.3 Å². The van der Waals surface area contributed by atoms with Gasteiger partial charge in [-0.2, -0.15) is 5.10 Å². The molecule has 3 rings (SSSR count). The first-order chi connectivity index (χ1) is 15.4. The Morgan fingerprint density at radius 3 is 2.31 bits per heavy atom. The quantitative estimate of drug-likeness (QED) is 0.397. The van der Waals surface area contributed by atoms with E-state index in [9.17, 15) is 13.2 Å². The van der Waals surface area contributed by atoms with E-state index in [-0.39, 0.29) is 4.90 Å². The van der Waals surface area contributed by atoms with Crippen LogP contribution >= 0.6 is 0 Å². The summed E-state index contributed by atoms with van der Waals surface area (Å²) in [6, 6.07) is 22.3. The molecule has 0 radical (unpaired) electrons. The Morgan fingerprint density at radius 2 is 1.66 bits per heavy atom. The molecule has 0 unspecified atom stereocenters. The number of hydrazone groups is 1. The predicted molar refractivity (Wildman–Crippen MR) is 126 cm³/mol. The second-order valence-electron chi connectivity index (χ2n) is 6.91. The molecule has 0 heterocycles. The van der Waals surface area contributed by atoms with E-state index in [2.05, 4.69) is 10.5 Å². The number of carbonyl (C=O) groups excluding carboxylic acids is 1. The Bertz CT molecular complexity index is 1180. The SMILES string of the molecule is CCOc1ccc(/C=N\NC(=O)CN(c2ccccc2C)S(=O)(=O)c2ccccc2)cc1. The molecule has 0 spiro atoms. The van der Waals surface area contributed by atoms with Crippen molar-refractivity contribution in [2.75, 3.05) is 17.5 Å².